The minimum Gasteiger partial charge on any atom is -0.396 e. The molecule has 0 aliphatic carbocycles. The molecule has 1 saturated heterocycles. The Morgan fingerprint density at radius 2 is 2.35 bits per heavy atom. The molecule has 0 radical (unpaired) electrons. The highest BCUT2D eigenvalue weighted by Crippen LogP contribution is 2.10. The van der Waals surface area contributed by atoms with E-state index in [1.807, 2.05) is 0 Å². The summed E-state index contributed by atoms with van der Waals surface area (Å²) in [5.74, 6) is 0.173. The summed E-state index contributed by atoms with van der Waals surface area (Å²) in [6, 6.07) is -0.362. The van der Waals surface area contributed by atoms with Gasteiger partial charge in [0, 0.05) is 19.6 Å². The smallest absolute Gasteiger partial charge is 0.242 e. The van der Waals surface area contributed by atoms with Crippen LogP contribution in [0.1, 0.15) is 39.0 Å². The molecule has 1 aliphatic heterocycles. The summed E-state index contributed by atoms with van der Waals surface area (Å²) < 4.78 is 0. The van der Waals surface area contributed by atoms with Crippen molar-refractivity contribution in [2.24, 2.45) is 5.92 Å². The van der Waals surface area contributed by atoms with Gasteiger partial charge in [-0.15, -0.1) is 0 Å². The molecule has 0 spiro atoms. The summed E-state index contributed by atoms with van der Waals surface area (Å²) in [5.41, 5.74) is 0. The van der Waals surface area contributed by atoms with Gasteiger partial charge in [0.15, 0.2) is 0 Å². The first kappa shape index (κ1) is 14.0. The first-order chi connectivity index (χ1) is 8.17. The van der Waals surface area contributed by atoms with Gasteiger partial charge < -0.3 is 15.7 Å². The van der Waals surface area contributed by atoms with E-state index in [4.69, 9.17) is 5.11 Å². The maximum atomic E-state index is 11.7. The Kier molecular flexibility index (Phi) is 5.97. The van der Waals surface area contributed by atoms with Crippen LogP contribution >= 0.6 is 0 Å². The van der Waals surface area contributed by atoms with Gasteiger partial charge in [0.05, 0.1) is 0 Å². The predicted octanol–water partition coefficient (Wildman–Crippen LogP) is 0.180. The third kappa shape index (κ3) is 4.73. The highest BCUT2D eigenvalue weighted by atomic mass is 16.3. The number of hydrogen-bond acceptors (Lipinski definition) is 3. The predicted molar refractivity (Wildman–Crippen MR) is 64.3 cm³/mol. The third-order valence-corrected chi connectivity index (χ3v) is 3.11. The zero-order valence-corrected chi connectivity index (χ0v) is 10.4. The van der Waals surface area contributed by atoms with Gasteiger partial charge in [0.25, 0.3) is 0 Å². The van der Waals surface area contributed by atoms with Crippen molar-refractivity contribution in [1.29, 1.82) is 0 Å². The van der Waals surface area contributed by atoms with Gasteiger partial charge in [-0.3, -0.25) is 9.59 Å². The van der Waals surface area contributed by atoms with Crippen molar-refractivity contribution in [3.8, 4) is 0 Å². The van der Waals surface area contributed by atoms with Gasteiger partial charge >= 0.3 is 0 Å². The van der Waals surface area contributed by atoms with Crippen LogP contribution in [0.15, 0.2) is 0 Å². The first-order valence-electron chi connectivity index (χ1n) is 6.35. The molecular formula is C12H22N2O3. The Morgan fingerprint density at radius 1 is 1.59 bits per heavy atom. The fourth-order valence-corrected chi connectivity index (χ4v) is 2.12. The Bertz CT molecular complexity index is 262. The molecule has 1 aliphatic rings. The SMILES string of the molecule is CCCC(CCO)CNC(=O)C1CCC(=O)N1. The van der Waals surface area contributed by atoms with Gasteiger partial charge in [-0.05, 0) is 25.2 Å². The molecule has 5 nitrogen and oxygen atoms in total. The molecule has 1 rings (SSSR count). The van der Waals surface area contributed by atoms with Crippen LogP contribution < -0.4 is 10.6 Å². The molecule has 0 aromatic carbocycles. The molecule has 1 fully saturated rings. The van der Waals surface area contributed by atoms with Crippen molar-refractivity contribution in [3.63, 3.8) is 0 Å². The molecule has 1 heterocycles. The molecule has 2 atom stereocenters. The van der Waals surface area contributed by atoms with E-state index < -0.39 is 0 Å². The highest BCUT2D eigenvalue weighted by Gasteiger charge is 2.27. The molecule has 98 valence electrons. The lowest BCUT2D eigenvalue weighted by molar-refractivity contribution is -0.125. The summed E-state index contributed by atoms with van der Waals surface area (Å²) in [5, 5.41) is 14.4. The van der Waals surface area contributed by atoms with Gasteiger partial charge in [-0.2, -0.15) is 0 Å². The number of carbonyl (C=O) groups is 2. The van der Waals surface area contributed by atoms with Crippen LogP contribution in [0.2, 0.25) is 0 Å². The van der Waals surface area contributed by atoms with E-state index in [-0.39, 0.29) is 24.5 Å². The lowest BCUT2D eigenvalue weighted by Gasteiger charge is -2.17. The topological polar surface area (TPSA) is 78.4 Å². The van der Waals surface area contributed by atoms with E-state index in [1.165, 1.54) is 0 Å². The normalized spacial score (nSPS) is 21.1. The standard InChI is InChI=1S/C12H22N2O3/c1-2-3-9(6-7-15)8-13-12(17)10-4-5-11(16)14-10/h9-10,15H,2-8H2,1H3,(H,13,17)(H,14,16). The van der Waals surface area contributed by atoms with Crippen molar-refractivity contribution < 1.29 is 14.7 Å². The highest BCUT2D eigenvalue weighted by molar-refractivity contribution is 5.90. The second kappa shape index (κ2) is 7.27. The zero-order valence-electron chi connectivity index (χ0n) is 10.4. The number of aliphatic hydroxyl groups excluding tert-OH is 1. The summed E-state index contributed by atoms with van der Waals surface area (Å²) in [4.78, 5) is 22.7. The Labute approximate surface area is 102 Å². The average molecular weight is 242 g/mol. The van der Waals surface area contributed by atoms with Crippen molar-refractivity contribution in [2.75, 3.05) is 13.2 Å². The molecule has 2 unspecified atom stereocenters. The minimum atomic E-state index is -0.362. The van der Waals surface area contributed by atoms with Crippen molar-refractivity contribution in [3.05, 3.63) is 0 Å². The average Bonchev–Trinajstić information content (AvgIpc) is 2.73. The Morgan fingerprint density at radius 3 is 2.88 bits per heavy atom. The number of hydrogen-bond donors (Lipinski definition) is 3. The van der Waals surface area contributed by atoms with Crippen LogP contribution in [0.5, 0.6) is 0 Å². The van der Waals surface area contributed by atoms with Crippen LogP contribution in [0.4, 0.5) is 0 Å². The van der Waals surface area contributed by atoms with Crippen LogP contribution in [0.25, 0.3) is 0 Å². The number of carbonyl (C=O) groups excluding carboxylic acids is 2. The zero-order chi connectivity index (χ0) is 12.7. The van der Waals surface area contributed by atoms with Crippen LogP contribution in [-0.4, -0.2) is 36.1 Å². The molecule has 3 N–H and O–H groups in total. The summed E-state index contributed by atoms with van der Waals surface area (Å²) in [6.45, 7) is 2.82. The molecule has 0 bridgehead atoms. The van der Waals surface area contributed by atoms with E-state index in [0.29, 0.717) is 31.7 Å². The number of rotatable bonds is 7. The van der Waals surface area contributed by atoms with Crippen molar-refractivity contribution in [1.82, 2.24) is 10.6 Å². The van der Waals surface area contributed by atoms with E-state index in [0.717, 1.165) is 12.8 Å². The molecule has 17 heavy (non-hydrogen) atoms. The van der Waals surface area contributed by atoms with Crippen LogP contribution in [0, 0.1) is 5.92 Å². The first-order valence-corrected chi connectivity index (χ1v) is 6.35. The van der Waals surface area contributed by atoms with Crippen molar-refractivity contribution >= 4 is 11.8 Å². The van der Waals surface area contributed by atoms with Gasteiger partial charge in [-0.1, -0.05) is 13.3 Å². The van der Waals surface area contributed by atoms with Crippen LogP contribution in [0.3, 0.4) is 0 Å². The maximum absolute atomic E-state index is 11.7. The summed E-state index contributed by atoms with van der Waals surface area (Å²) >= 11 is 0. The minimum absolute atomic E-state index is 0.0504. The Balaban J connectivity index is 2.27. The van der Waals surface area contributed by atoms with E-state index in [2.05, 4.69) is 17.6 Å². The van der Waals surface area contributed by atoms with Crippen molar-refractivity contribution in [2.45, 2.75) is 45.1 Å². The largest absolute Gasteiger partial charge is 0.396 e. The fraction of sp³-hybridized carbons (Fsp3) is 0.833. The summed E-state index contributed by atoms with van der Waals surface area (Å²) in [6.07, 6.45) is 3.78. The number of aliphatic hydroxyl groups is 1. The maximum Gasteiger partial charge on any atom is 0.242 e. The lowest BCUT2D eigenvalue weighted by Crippen LogP contribution is -2.43. The van der Waals surface area contributed by atoms with E-state index in [1.54, 1.807) is 0 Å². The quantitative estimate of drug-likeness (QED) is 0.596. The lowest BCUT2D eigenvalue weighted by atomic mass is 10.00. The summed E-state index contributed by atoms with van der Waals surface area (Å²) in [7, 11) is 0. The second-order valence-corrected chi connectivity index (χ2v) is 4.57. The van der Waals surface area contributed by atoms with E-state index in [9.17, 15) is 9.59 Å². The molecule has 5 heteroatoms. The van der Waals surface area contributed by atoms with Crippen LogP contribution in [-0.2, 0) is 9.59 Å². The molecule has 0 saturated carbocycles. The number of nitrogens with one attached hydrogen (secondary N) is 2. The van der Waals surface area contributed by atoms with E-state index >= 15 is 0 Å². The van der Waals surface area contributed by atoms with Gasteiger partial charge in [0.2, 0.25) is 11.8 Å². The molecule has 0 aromatic heterocycles. The molecule has 2 amide bonds. The molecule has 0 aromatic rings. The molecular weight excluding hydrogens is 220 g/mol. The monoisotopic (exact) mass is 242 g/mol. The number of amides is 2. The fourth-order valence-electron chi connectivity index (χ4n) is 2.12. The third-order valence-electron chi connectivity index (χ3n) is 3.11. The van der Waals surface area contributed by atoms with Gasteiger partial charge in [-0.25, -0.2) is 0 Å². The second-order valence-electron chi connectivity index (χ2n) is 4.57. The van der Waals surface area contributed by atoms with Gasteiger partial charge in [0.1, 0.15) is 6.04 Å². The Hall–Kier alpha value is -1.10.